The number of benzene rings is 1. The van der Waals surface area contributed by atoms with E-state index in [-0.39, 0.29) is 5.84 Å². The lowest BCUT2D eigenvalue weighted by Crippen LogP contribution is -2.23. The molecule has 3 N–H and O–H groups in total. The molecule has 0 aliphatic rings. The van der Waals surface area contributed by atoms with E-state index in [0.717, 1.165) is 17.8 Å². The number of hydrogen-bond donors (Lipinski definition) is 2. The van der Waals surface area contributed by atoms with Gasteiger partial charge in [0.05, 0.1) is 19.8 Å². The molecular formula is C13H21N3O2. The Morgan fingerprint density at radius 3 is 2.44 bits per heavy atom. The maximum absolute atomic E-state index is 7.32. The van der Waals surface area contributed by atoms with Crippen LogP contribution < -0.4 is 10.6 Å². The van der Waals surface area contributed by atoms with Crippen molar-refractivity contribution < 1.29 is 9.47 Å². The number of likely N-dealkylation sites (N-methyl/N-ethyl adjacent to an activating group) is 1. The van der Waals surface area contributed by atoms with Gasteiger partial charge in [-0.15, -0.1) is 0 Å². The molecule has 0 heterocycles. The molecule has 0 spiro atoms. The van der Waals surface area contributed by atoms with Crippen LogP contribution in [0, 0.1) is 5.41 Å². The lowest BCUT2D eigenvalue weighted by Gasteiger charge is -2.19. The maximum atomic E-state index is 7.32. The second-order valence-corrected chi connectivity index (χ2v) is 3.99. The van der Waals surface area contributed by atoms with Gasteiger partial charge in [0.15, 0.2) is 0 Å². The summed E-state index contributed by atoms with van der Waals surface area (Å²) in [6, 6.07) is 7.59. The summed E-state index contributed by atoms with van der Waals surface area (Å²) in [6.45, 7) is 2.71. The number of nitrogens with two attached hydrogens (primary N) is 1. The van der Waals surface area contributed by atoms with Crippen LogP contribution in [0.1, 0.15) is 5.56 Å². The van der Waals surface area contributed by atoms with E-state index in [9.17, 15) is 0 Å². The van der Waals surface area contributed by atoms with Gasteiger partial charge >= 0.3 is 0 Å². The van der Waals surface area contributed by atoms with Gasteiger partial charge in [0.1, 0.15) is 5.84 Å². The molecule has 5 heteroatoms. The first-order chi connectivity index (χ1) is 8.65. The van der Waals surface area contributed by atoms with Gasteiger partial charge < -0.3 is 20.1 Å². The molecule has 0 aliphatic carbocycles. The molecule has 0 unspecified atom stereocenters. The van der Waals surface area contributed by atoms with Crippen molar-refractivity contribution in [3.8, 4) is 0 Å². The Morgan fingerprint density at radius 2 is 1.89 bits per heavy atom. The normalized spacial score (nSPS) is 10.3. The quantitative estimate of drug-likeness (QED) is 0.412. The molecule has 1 rings (SSSR count). The largest absolute Gasteiger partial charge is 0.384 e. The van der Waals surface area contributed by atoms with Crippen LogP contribution in [0.3, 0.4) is 0 Å². The Labute approximate surface area is 108 Å². The fraction of sp³-hybridized carbons (Fsp3) is 0.462. The van der Waals surface area contributed by atoms with E-state index in [1.165, 1.54) is 0 Å². The number of rotatable bonds is 8. The minimum Gasteiger partial charge on any atom is -0.384 e. The highest BCUT2D eigenvalue weighted by atomic mass is 16.5. The van der Waals surface area contributed by atoms with Crippen molar-refractivity contribution in [2.24, 2.45) is 5.73 Å². The average Bonchev–Trinajstić information content (AvgIpc) is 2.38. The summed E-state index contributed by atoms with van der Waals surface area (Å²) in [4.78, 5) is 2.09. The lowest BCUT2D eigenvalue weighted by molar-refractivity contribution is 0.0744. The van der Waals surface area contributed by atoms with E-state index in [4.69, 9.17) is 20.6 Å². The molecule has 0 radical (unpaired) electrons. The zero-order chi connectivity index (χ0) is 13.4. The minimum absolute atomic E-state index is 0.0899. The lowest BCUT2D eigenvalue weighted by atomic mass is 10.2. The molecule has 1 aromatic rings. The molecule has 0 aromatic heterocycles. The van der Waals surface area contributed by atoms with Crippen LogP contribution >= 0.6 is 0 Å². The van der Waals surface area contributed by atoms with Gasteiger partial charge in [-0.05, 0) is 24.3 Å². The van der Waals surface area contributed by atoms with Crippen LogP contribution in [-0.2, 0) is 9.47 Å². The van der Waals surface area contributed by atoms with Crippen molar-refractivity contribution in [2.75, 3.05) is 45.4 Å². The zero-order valence-corrected chi connectivity index (χ0v) is 11.0. The molecule has 0 bridgehead atoms. The first-order valence-corrected chi connectivity index (χ1v) is 5.87. The SMILES string of the molecule is COCCOCCN(C)c1ccc(C(=N)N)cc1. The number of methoxy groups -OCH3 is 1. The van der Waals surface area contributed by atoms with E-state index in [2.05, 4.69) is 4.90 Å². The van der Waals surface area contributed by atoms with Crippen molar-refractivity contribution in [2.45, 2.75) is 0 Å². The van der Waals surface area contributed by atoms with E-state index in [1.54, 1.807) is 7.11 Å². The van der Waals surface area contributed by atoms with E-state index in [0.29, 0.717) is 19.8 Å². The van der Waals surface area contributed by atoms with E-state index < -0.39 is 0 Å². The Bertz CT molecular complexity index is 365. The molecule has 0 atom stereocenters. The van der Waals surface area contributed by atoms with Crippen molar-refractivity contribution in [1.29, 1.82) is 5.41 Å². The number of nitrogen functional groups attached to an aromatic ring is 1. The van der Waals surface area contributed by atoms with Gasteiger partial charge in [0.25, 0.3) is 0 Å². The number of amidine groups is 1. The van der Waals surface area contributed by atoms with Crippen LogP contribution in [0.2, 0.25) is 0 Å². The van der Waals surface area contributed by atoms with Gasteiger partial charge in [-0.2, -0.15) is 0 Å². The van der Waals surface area contributed by atoms with Crippen LogP contribution in [0.5, 0.6) is 0 Å². The summed E-state index contributed by atoms with van der Waals surface area (Å²) in [5.74, 6) is 0.0899. The fourth-order valence-electron chi connectivity index (χ4n) is 1.47. The number of anilines is 1. The third kappa shape index (κ3) is 4.73. The topological polar surface area (TPSA) is 71.6 Å². The van der Waals surface area contributed by atoms with Crippen LogP contribution in [0.4, 0.5) is 5.69 Å². The highest BCUT2D eigenvalue weighted by Crippen LogP contribution is 2.13. The average molecular weight is 251 g/mol. The van der Waals surface area contributed by atoms with Gasteiger partial charge in [0.2, 0.25) is 0 Å². The fourth-order valence-corrected chi connectivity index (χ4v) is 1.47. The number of ether oxygens (including phenoxy) is 2. The summed E-state index contributed by atoms with van der Waals surface area (Å²) in [7, 11) is 3.66. The third-order valence-corrected chi connectivity index (χ3v) is 2.62. The molecule has 0 saturated carbocycles. The first-order valence-electron chi connectivity index (χ1n) is 5.87. The zero-order valence-electron chi connectivity index (χ0n) is 11.0. The summed E-state index contributed by atoms with van der Waals surface area (Å²) in [5.41, 5.74) is 7.22. The Hall–Kier alpha value is -1.59. The molecule has 18 heavy (non-hydrogen) atoms. The first kappa shape index (κ1) is 14.5. The summed E-state index contributed by atoms with van der Waals surface area (Å²) in [5, 5.41) is 7.32. The second kappa shape index (κ2) is 7.68. The minimum atomic E-state index is 0.0899. The van der Waals surface area contributed by atoms with Crippen LogP contribution in [-0.4, -0.2) is 46.4 Å². The smallest absolute Gasteiger partial charge is 0.122 e. The van der Waals surface area contributed by atoms with Gasteiger partial charge in [-0.3, -0.25) is 5.41 Å². The Kier molecular flexibility index (Phi) is 6.18. The molecule has 0 aliphatic heterocycles. The molecule has 0 fully saturated rings. The molecule has 0 saturated heterocycles. The summed E-state index contributed by atoms with van der Waals surface area (Å²) >= 11 is 0. The molecule has 0 amide bonds. The van der Waals surface area contributed by atoms with Crippen LogP contribution in [0.15, 0.2) is 24.3 Å². The predicted octanol–water partition coefficient (Wildman–Crippen LogP) is 1.07. The predicted molar refractivity (Wildman–Crippen MR) is 73.4 cm³/mol. The van der Waals surface area contributed by atoms with E-state index in [1.807, 2.05) is 31.3 Å². The highest BCUT2D eigenvalue weighted by molar-refractivity contribution is 5.95. The summed E-state index contributed by atoms with van der Waals surface area (Å²) in [6.07, 6.45) is 0. The van der Waals surface area contributed by atoms with Crippen molar-refractivity contribution in [3.63, 3.8) is 0 Å². The van der Waals surface area contributed by atoms with Crippen molar-refractivity contribution >= 4 is 11.5 Å². The monoisotopic (exact) mass is 251 g/mol. The molecule has 100 valence electrons. The van der Waals surface area contributed by atoms with Crippen molar-refractivity contribution in [1.82, 2.24) is 0 Å². The van der Waals surface area contributed by atoms with Crippen LogP contribution in [0.25, 0.3) is 0 Å². The van der Waals surface area contributed by atoms with Gasteiger partial charge in [-0.1, -0.05) is 0 Å². The van der Waals surface area contributed by atoms with Crippen molar-refractivity contribution in [3.05, 3.63) is 29.8 Å². The highest BCUT2D eigenvalue weighted by Gasteiger charge is 2.02. The van der Waals surface area contributed by atoms with E-state index >= 15 is 0 Å². The summed E-state index contributed by atoms with van der Waals surface area (Å²) < 4.78 is 10.3. The second-order valence-electron chi connectivity index (χ2n) is 3.99. The maximum Gasteiger partial charge on any atom is 0.122 e. The molecule has 5 nitrogen and oxygen atoms in total. The number of nitrogens with zero attached hydrogens (tertiary/aromatic N) is 1. The third-order valence-electron chi connectivity index (χ3n) is 2.62. The molecular weight excluding hydrogens is 230 g/mol. The number of nitrogens with one attached hydrogen (secondary N) is 1. The van der Waals surface area contributed by atoms with Gasteiger partial charge in [-0.25, -0.2) is 0 Å². The Balaban J connectivity index is 2.37. The molecule has 1 aromatic carbocycles. The van der Waals surface area contributed by atoms with Gasteiger partial charge in [0, 0.05) is 32.0 Å². The standard InChI is InChI=1S/C13H21N3O2/c1-16(7-8-18-10-9-17-2)12-5-3-11(4-6-12)13(14)15/h3-6H,7-10H2,1-2H3,(H3,14,15). The number of hydrogen-bond acceptors (Lipinski definition) is 4. The Morgan fingerprint density at radius 1 is 1.22 bits per heavy atom.